The molecule has 0 aromatic heterocycles. The molecule has 0 saturated carbocycles. The lowest BCUT2D eigenvalue weighted by Gasteiger charge is -2.27. The Kier molecular flexibility index (Phi) is 4.68. The first kappa shape index (κ1) is 16.0. The second kappa shape index (κ2) is 6.15. The third kappa shape index (κ3) is 3.44. The molecule has 2 unspecified atom stereocenters. The van der Waals surface area contributed by atoms with E-state index in [1.807, 2.05) is 24.3 Å². The summed E-state index contributed by atoms with van der Waals surface area (Å²) in [6.07, 6.45) is 0.166. The van der Waals surface area contributed by atoms with E-state index in [2.05, 4.69) is 0 Å². The van der Waals surface area contributed by atoms with E-state index in [-0.39, 0.29) is 5.75 Å². The standard InChI is InChI=1S/C15H20O5S/c1-10(2)14(15(16)17)21(18,19)9-13-12-6-4-3-5-11(12)7-8-20-13/h3-6,10,13-14H,7-9H2,1-2H3,(H,16,17). The minimum absolute atomic E-state index is 0.293. The fraction of sp³-hybridized carbons (Fsp3) is 0.533. The van der Waals surface area contributed by atoms with E-state index in [0.717, 1.165) is 17.5 Å². The summed E-state index contributed by atoms with van der Waals surface area (Å²) >= 11 is 0. The molecule has 0 fully saturated rings. The Morgan fingerprint density at radius 2 is 2.05 bits per heavy atom. The maximum absolute atomic E-state index is 12.4. The lowest BCUT2D eigenvalue weighted by molar-refractivity contribution is -0.137. The van der Waals surface area contributed by atoms with Crippen molar-refractivity contribution in [3.63, 3.8) is 0 Å². The molecule has 2 rings (SSSR count). The zero-order valence-electron chi connectivity index (χ0n) is 12.2. The molecular formula is C15H20O5S. The van der Waals surface area contributed by atoms with E-state index in [1.165, 1.54) is 0 Å². The Balaban J connectivity index is 2.28. The molecule has 0 amide bonds. The molecule has 1 aromatic carbocycles. The summed E-state index contributed by atoms with van der Waals surface area (Å²) in [6, 6.07) is 7.54. The monoisotopic (exact) mass is 312 g/mol. The van der Waals surface area contributed by atoms with Crippen molar-refractivity contribution >= 4 is 15.8 Å². The molecule has 0 bridgehead atoms. The number of hydrogen-bond acceptors (Lipinski definition) is 4. The van der Waals surface area contributed by atoms with Gasteiger partial charge in [-0.1, -0.05) is 38.1 Å². The van der Waals surface area contributed by atoms with E-state index < -0.39 is 33.1 Å². The lowest BCUT2D eigenvalue weighted by Crippen LogP contribution is -2.38. The first-order chi connectivity index (χ1) is 9.83. The molecule has 1 aliphatic heterocycles. The molecule has 21 heavy (non-hydrogen) atoms. The van der Waals surface area contributed by atoms with Gasteiger partial charge in [-0.3, -0.25) is 4.79 Å². The van der Waals surface area contributed by atoms with Gasteiger partial charge in [0.05, 0.1) is 18.5 Å². The maximum atomic E-state index is 12.4. The van der Waals surface area contributed by atoms with E-state index >= 15 is 0 Å². The Morgan fingerprint density at radius 1 is 1.38 bits per heavy atom. The number of carboxylic acids is 1. The number of benzene rings is 1. The van der Waals surface area contributed by atoms with E-state index in [0.29, 0.717) is 6.61 Å². The largest absolute Gasteiger partial charge is 0.480 e. The highest BCUT2D eigenvalue weighted by Gasteiger charge is 2.38. The smallest absolute Gasteiger partial charge is 0.322 e. The number of ether oxygens (including phenoxy) is 1. The van der Waals surface area contributed by atoms with Crippen LogP contribution in [0.1, 0.15) is 31.1 Å². The third-order valence-corrected chi connectivity index (χ3v) is 6.00. The van der Waals surface area contributed by atoms with Crippen molar-refractivity contribution in [3.05, 3.63) is 35.4 Å². The maximum Gasteiger partial charge on any atom is 0.322 e. The Morgan fingerprint density at radius 3 is 2.67 bits per heavy atom. The number of fused-ring (bicyclic) bond motifs is 1. The molecule has 116 valence electrons. The van der Waals surface area contributed by atoms with Gasteiger partial charge in [-0.2, -0.15) is 0 Å². The molecule has 0 aliphatic carbocycles. The molecule has 5 nitrogen and oxygen atoms in total. The van der Waals surface area contributed by atoms with Gasteiger partial charge in [-0.15, -0.1) is 0 Å². The van der Waals surface area contributed by atoms with Gasteiger partial charge in [0.2, 0.25) is 0 Å². The molecule has 1 aliphatic rings. The summed E-state index contributed by atoms with van der Waals surface area (Å²) in [5, 5.41) is 7.79. The molecule has 1 heterocycles. The summed E-state index contributed by atoms with van der Waals surface area (Å²) in [5.74, 6) is -2.07. The number of rotatable bonds is 5. The molecule has 0 spiro atoms. The van der Waals surface area contributed by atoms with Crippen LogP contribution >= 0.6 is 0 Å². The molecule has 6 heteroatoms. The minimum Gasteiger partial charge on any atom is -0.480 e. The van der Waals surface area contributed by atoms with Crippen molar-refractivity contribution in [1.29, 1.82) is 0 Å². The zero-order chi connectivity index (χ0) is 15.6. The molecule has 0 saturated heterocycles. The number of hydrogen-bond donors (Lipinski definition) is 1. The van der Waals surface area contributed by atoms with Gasteiger partial charge >= 0.3 is 5.97 Å². The first-order valence-electron chi connectivity index (χ1n) is 6.96. The first-order valence-corrected chi connectivity index (χ1v) is 8.68. The molecule has 1 aromatic rings. The minimum atomic E-state index is -3.79. The average Bonchev–Trinajstić information content (AvgIpc) is 2.37. The quantitative estimate of drug-likeness (QED) is 0.897. The van der Waals surface area contributed by atoms with Gasteiger partial charge < -0.3 is 9.84 Å². The summed E-state index contributed by atoms with van der Waals surface area (Å²) in [5.41, 5.74) is 1.92. The lowest BCUT2D eigenvalue weighted by atomic mass is 9.99. The predicted molar refractivity (Wildman–Crippen MR) is 78.9 cm³/mol. The summed E-state index contributed by atoms with van der Waals surface area (Å²) < 4.78 is 30.4. The van der Waals surface area contributed by atoms with Crippen LogP contribution in [0.4, 0.5) is 0 Å². The molecule has 2 atom stereocenters. The van der Waals surface area contributed by atoms with Crippen molar-refractivity contribution in [2.24, 2.45) is 5.92 Å². The van der Waals surface area contributed by atoms with Gasteiger partial charge in [0.25, 0.3) is 0 Å². The highest BCUT2D eigenvalue weighted by atomic mass is 32.2. The van der Waals surface area contributed by atoms with Crippen LogP contribution in [0.15, 0.2) is 24.3 Å². The van der Waals surface area contributed by atoms with E-state index in [9.17, 15) is 18.3 Å². The van der Waals surface area contributed by atoms with Crippen molar-refractivity contribution in [1.82, 2.24) is 0 Å². The fourth-order valence-electron chi connectivity index (χ4n) is 2.78. The van der Waals surface area contributed by atoms with Crippen molar-refractivity contribution < 1.29 is 23.1 Å². The Hall–Kier alpha value is -1.40. The molecule has 0 radical (unpaired) electrons. The van der Waals surface area contributed by atoms with Gasteiger partial charge in [0, 0.05) is 0 Å². The topological polar surface area (TPSA) is 80.7 Å². The summed E-state index contributed by atoms with van der Waals surface area (Å²) in [6.45, 7) is 3.66. The fourth-order valence-corrected chi connectivity index (χ4v) is 4.82. The number of carbonyl (C=O) groups is 1. The second-order valence-electron chi connectivity index (χ2n) is 5.64. The Bertz CT molecular complexity index is 621. The number of carboxylic acid groups (broad SMARTS) is 1. The third-order valence-electron chi connectivity index (χ3n) is 3.71. The highest BCUT2D eigenvalue weighted by Crippen LogP contribution is 2.30. The van der Waals surface area contributed by atoms with Crippen molar-refractivity contribution in [2.75, 3.05) is 12.4 Å². The summed E-state index contributed by atoms with van der Waals surface area (Å²) in [7, 11) is -3.79. The van der Waals surface area contributed by atoms with Crippen LogP contribution in [0.2, 0.25) is 0 Å². The van der Waals surface area contributed by atoms with Crippen molar-refractivity contribution in [3.8, 4) is 0 Å². The Labute approximate surface area is 124 Å². The van der Waals surface area contributed by atoms with Gasteiger partial charge in [-0.05, 0) is 23.5 Å². The zero-order valence-corrected chi connectivity index (χ0v) is 13.0. The number of aliphatic carboxylic acids is 1. The van der Waals surface area contributed by atoms with Crippen LogP contribution in [-0.2, 0) is 25.8 Å². The van der Waals surface area contributed by atoms with E-state index in [1.54, 1.807) is 13.8 Å². The van der Waals surface area contributed by atoms with Crippen LogP contribution in [0, 0.1) is 5.92 Å². The van der Waals surface area contributed by atoms with Crippen LogP contribution in [-0.4, -0.2) is 37.1 Å². The van der Waals surface area contributed by atoms with E-state index in [4.69, 9.17) is 4.74 Å². The predicted octanol–water partition coefficient (Wildman–Crippen LogP) is 1.82. The number of sulfone groups is 1. The SMILES string of the molecule is CC(C)C(C(=O)O)S(=O)(=O)CC1OCCc2ccccc21. The van der Waals surface area contributed by atoms with Gasteiger partial charge in [0.1, 0.15) is 0 Å². The molecular weight excluding hydrogens is 292 g/mol. The summed E-state index contributed by atoms with van der Waals surface area (Å²) in [4.78, 5) is 11.3. The van der Waals surface area contributed by atoms with Crippen LogP contribution in [0.25, 0.3) is 0 Å². The average molecular weight is 312 g/mol. The van der Waals surface area contributed by atoms with Crippen LogP contribution in [0.5, 0.6) is 0 Å². The van der Waals surface area contributed by atoms with Crippen molar-refractivity contribution in [2.45, 2.75) is 31.6 Å². The van der Waals surface area contributed by atoms with Crippen LogP contribution < -0.4 is 0 Å². The van der Waals surface area contributed by atoms with Gasteiger partial charge in [-0.25, -0.2) is 8.42 Å². The second-order valence-corrected chi connectivity index (χ2v) is 7.81. The van der Waals surface area contributed by atoms with Crippen LogP contribution in [0.3, 0.4) is 0 Å². The highest BCUT2D eigenvalue weighted by molar-refractivity contribution is 7.92. The van der Waals surface area contributed by atoms with Gasteiger partial charge in [0.15, 0.2) is 15.1 Å². The normalized spacial score (nSPS) is 20.0. The molecule has 1 N–H and O–H groups in total.